The van der Waals surface area contributed by atoms with E-state index < -0.39 is 0 Å². The van der Waals surface area contributed by atoms with Crippen LogP contribution in [0.1, 0.15) is 31.7 Å². The second-order valence-electron chi connectivity index (χ2n) is 4.77. The fourth-order valence-electron chi connectivity index (χ4n) is 1.57. The summed E-state index contributed by atoms with van der Waals surface area (Å²) < 4.78 is 1.27. The minimum atomic E-state index is 0.0911. The first-order chi connectivity index (χ1) is 7.54. The first kappa shape index (κ1) is 11.3. The summed E-state index contributed by atoms with van der Waals surface area (Å²) in [6, 6.07) is 8.30. The molecule has 1 heterocycles. The molecule has 0 fully saturated rings. The quantitative estimate of drug-likeness (QED) is 0.703. The van der Waals surface area contributed by atoms with Crippen LogP contribution in [0.25, 0.3) is 10.2 Å². The molecule has 0 saturated heterocycles. The van der Waals surface area contributed by atoms with Gasteiger partial charge >= 0.3 is 0 Å². The van der Waals surface area contributed by atoms with Gasteiger partial charge in [0.25, 0.3) is 0 Å². The van der Waals surface area contributed by atoms with Gasteiger partial charge in [-0.05, 0) is 17.5 Å². The third-order valence-corrected chi connectivity index (χ3v) is 4.54. The Hall–Kier alpha value is -1.15. The van der Waals surface area contributed by atoms with Crippen molar-refractivity contribution in [3.63, 3.8) is 0 Å². The second-order valence-corrected chi connectivity index (χ2v) is 5.83. The van der Waals surface area contributed by atoms with E-state index in [1.165, 1.54) is 9.71 Å². The molecule has 0 aliphatic carbocycles. The molecule has 0 bridgehead atoms. The van der Waals surface area contributed by atoms with Gasteiger partial charge in [-0.3, -0.25) is 0 Å². The lowest BCUT2D eigenvalue weighted by molar-refractivity contribution is 0.395. The zero-order valence-electron chi connectivity index (χ0n) is 10.0. The minimum Gasteiger partial charge on any atom is -0.241 e. The highest BCUT2D eigenvalue weighted by molar-refractivity contribution is 7.18. The molecule has 1 unspecified atom stereocenters. The highest BCUT2D eigenvalue weighted by Gasteiger charge is 2.26. The monoisotopic (exact) mass is 231 g/mol. The summed E-state index contributed by atoms with van der Waals surface area (Å²) >= 11 is 1.79. The fourth-order valence-corrected chi connectivity index (χ4v) is 2.78. The van der Waals surface area contributed by atoms with Gasteiger partial charge in [0, 0.05) is 5.92 Å². The lowest BCUT2D eigenvalue weighted by Crippen LogP contribution is -2.16. The predicted molar refractivity (Wildman–Crippen MR) is 72.0 cm³/mol. The second kappa shape index (κ2) is 4.02. The molecule has 0 saturated carbocycles. The zero-order chi connectivity index (χ0) is 11.8. The van der Waals surface area contributed by atoms with E-state index in [1.54, 1.807) is 11.3 Å². The summed E-state index contributed by atoms with van der Waals surface area (Å²) in [4.78, 5) is 4.70. The average molecular weight is 231 g/mol. The summed E-state index contributed by atoms with van der Waals surface area (Å²) in [5.41, 5.74) is 1.20. The summed E-state index contributed by atoms with van der Waals surface area (Å²) in [5, 5.41) is 1.20. The molecule has 16 heavy (non-hydrogen) atoms. The Kier molecular flexibility index (Phi) is 2.85. The van der Waals surface area contributed by atoms with Crippen LogP contribution >= 0.6 is 11.3 Å². The van der Waals surface area contributed by atoms with Gasteiger partial charge in [0.15, 0.2) is 0 Å². The fraction of sp³-hybridized carbons (Fsp3) is 0.357. The summed E-state index contributed by atoms with van der Waals surface area (Å²) in [6.07, 6.45) is 2.02. The first-order valence-electron chi connectivity index (χ1n) is 5.53. The van der Waals surface area contributed by atoms with E-state index in [2.05, 4.69) is 45.5 Å². The van der Waals surface area contributed by atoms with E-state index in [9.17, 15) is 0 Å². The lowest BCUT2D eigenvalue weighted by Gasteiger charge is -2.26. The minimum absolute atomic E-state index is 0.0911. The zero-order valence-corrected chi connectivity index (χ0v) is 10.8. The van der Waals surface area contributed by atoms with Crippen LogP contribution in [-0.4, -0.2) is 4.98 Å². The molecule has 0 radical (unpaired) electrons. The Morgan fingerprint density at radius 1 is 1.38 bits per heavy atom. The van der Waals surface area contributed by atoms with Crippen LogP contribution in [0.5, 0.6) is 0 Å². The third kappa shape index (κ3) is 1.90. The Morgan fingerprint density at radius 3 is 2.69 bits per heavy atom. The molecule has 2 heteroatoms. The van der Waals surface area contributed by atoms with Crippen molar-refractivity contribution in [2.75, 3.05) is 0 Å². The standard InChI is InChI=1S/C14H17NS/c1-5-14(3,4)10(2)13-15-11-8-6-7-9-12(11)16-13/h5-10H,1H2,2-4H3. The summed E-state index contributed by atoms with van der Waals surface area (Å²) in [5.74, 6) is 0.405. The molecule has 1 nitrogen and oxygen atoms in total. The van der Waals surface area contributed by atoms with Gasteiger partial charge in [0.2, 0.25) is 0 Å². The van der Waals surface area contributed by atoms with Gasteiger partial charge in [0.1, 0.15) is 0 Å². The number of hydrogen-bond donors (Lipinski definition) is 0. The van der Waals surface area contributed by atoms with Crippen molar-refractivity contribution in [3.05, 3.63) is 41.9 Å². The van der Waals surface area contributed by atoms with Crippen molar-refractivity contribution in [3.8, 4) is 0 Å². The van der Waals surface area contributed by atoms with Crippen LogP contribution in [0.3, 0.4) is 0 Å². The van der Waals surface area contributed by atoms with Crippen LogP contribution in [-0.2, 0) is 0 Å². The Labute approximate surface area is 101 Å². The lowest BCUT2D eigenvalue weighted by atomic mass is 9.80. The third-order valence-electron chi connectivity index (χ3n) is 3.32. The summed E-state index contributed by atoms with van der Waals surface area (Å²) in [7, 11) is 0. The molecule has 0 aliphatic heterocycles. The number of hydrogen-bond acceptors (Lipinski definition) is 2. The van der Waals surface area contributed by atoms with E-state index in [0.29, 0.717) is 5.92 Å². The van der Waals surface area contributed by atoms with E-state index in [1.807, 2.05) is 12.1 Å². The van der Waals surface area contributed by atoms with E-state index in [4.69, 9.17) is 4.98 Å². The summed E-state index contributed by atoms with van der Waals surface area (Å²) in [6.45, 7) is 10.5. The van der Waals surface area contributed by atoms with Crippen molar-refractivity contribution in [2.24, 2.45) is 5.41 Å². The number of para-hydroxylation sites is 1. The van der Waals surface area contributed by atoms with Crippen molar-refractivity contribution < 1.29 is 0 Å². The van der Waals surface area contributed by atoms with Gasteiger partial charge in [0.05, 0.1) is 15.2 Å². The molecule has 0 aliphatic rings. The number of allylic oxidation sites excluding steroid dienone is 1. The van der Waals surface area contributed by atoms with Crippen LogP contribution in [0, 0.1) is 5.41 Å². The molecule has 1 aromatic carbocycles. The molecule has 0 N–H and O–H groups in total. The predicted octanol–water partition coefficient (Wildman–Crippen LogP) is 4.61. The van der Waals surface area contributed by atoms with Gasteiger partial charge in [-0.15, -0.1) is 17.9 Å². The van der Waals surface area contributed by atoms with Crippen molar-refractivity contribution >= 4 is 21.6 Å². The average Bonchev–Trinajstić information content (AvgIpc) is 2.71. The molecule has 1 atom stereocenters. The number of rotatable bonds is 3. The molecule has 0 amide bonds. The van der Waals surface area contributed by atoms with E-state index in [0.717, 1.165) is 5.52 Å². The Balaban J connectivity index is 2.44. The highest BCUT2D eigenvalue weighted by atomic mass is 32.1. The smallest absolute Gasteiger partial charge is 0.0975 e. The number of benzene rings is 1. The van der Waals surface area contributed by atoms with Crippen molar-refractivity contribution in [1.29, 1.82) is 0 Å². The van der Waals surface area contributed by atoms with Gasteiger partial charge in [-0.25, -0.2) is 4.98 Å². The van der Waals surface area contributed by atoms with Gasteiger partial charge in [-0.1, -0.05) is 39.0 Å². The normalized spacial score (nSPS) is 13.9. The maximum absolute atomic E-state index is 4.70. The SMILES string of the molecule is C=CC(C)(C)C(C)c1nc2ccccc2s1. The van der Waals surface area contributed by atoms with Crippen LogP contribution < -0.4 is 0 Å². The van der Waals surface area contributed by atoms with Crippen molar-refractivity contribution in [1.82, 2.24) is 4.98 Å². The maximum atomic E-state index is 4.70. The van der Waals surface area contributed by atoms with Crippen LogP contribution in [0.2, 0.25) is 0 Å². The number of nitrogens with zero attached hydrogens (tertiary/aromatic N) is 1. The molecule has 1 aromatic heterocycles. The number of aromatic nitrogens is 1. The maximum Gasteiger partial charge on any atom is 0.0975 e. The Bertz CT molecular complexity index is 477. The Morgan fingerprint density at radius 2 is 2.06 bits per heavy atom. The van der Waals surface area contributed by atoms with Gasteiger partial charge in [-0.2, -0.15) is 0 Å². The van der Waals surface area contributed by atoms with E-state index >= 15 is 0 Å². The van der Waals surface area contributed by atoms with Crippen molar-refractivity contribution in [2.45, 2.75) is 26.7 Å². The highest BCUT2D eigenvalue weighted by Crippen LogP contribution is 2.39. The van der Waals surface area contributed by atoms with Gasteiger partial charge < -0.3 is 0 Å². The van der Waals surface area contributed by atoms with E-state index in [-0.39, 0.29) is 5.41 Å². The number of thiazole rings is 1. The molecular weight excluding hydrogens is 214 g/mol. The molecule has 2 aromatic rings. The topological polar surface area (TPSA) is 12.9 Å². The largest absolute Gasteiger partial charge is 0.241 e. The molecule has 0 spiro atoms. The van der Waals surface area contributed by atoms with Crippen LogP contribution in [0.4, 0.5) is 0 Å². The molecular formula is C14H17NS. The number of fused-ring (bicyclic) bond motifs is 1. The molecule has 2 rings (SSSR count). The van der Waals surface area contributed by atoms with Crippen LogP contribution in [0.15, 0.2) is 36.9 Å². The first-order valence-corrected chi connectivity index (χ1v) is 6.35. The molecule has 84 valence electrons.